The lowest BCUT2D eigenvalue weighted by Gasteiger charge is -2.32. The van der Waals surface area contributed by atoms with E-state index in [-0.39, 0.29) is 35.7 Å². The zero-order chi connectivity index (χ0) is 19.3. The number of hydrogen-bond donors (Lipinski definition) is 2. The third-order valence-corrected chi connectivity index (χ3v) is 6.31. The number of likely N-dealkylation sites (N-methyl/N-ethyl adjacent to an activating group) is 1. The fourth-order valence-electron chi connectivity index (χ4n) is 2.89. The number of nitrogens with one attached hydrogen (secondary N) is 2. The number of rotatable bonds is 6. The predicted octanol–water partition coefficient (Wildman–Crippen LogP) is 0.898. The van der Waals surface area contributed by atoms with Crippen LogP contribution in [0, 0.1) is 0 Å². The Labute approximate surface area is 166 Å². The first-order valence-corrected chi connectivity index (χ1v) is 9.97. The number of sulfonamides is 1. The average molecular weight is 419 g/mol. The lowest BCUT2D eigenvalue weighted by Crippen LogP contribution is -2.47. The molecule has 0 atom stereocenters. The van der Waals surface area contributed by atoms with Crippen molar-refractivity contribution in [2.24, 2.45) is 0 Å². The van der Waals surface area contributed by atoms with Crippen LogP contribution in [0.2, 0.25) is 0 Å². The lowest BCUT2D eigenvalue weighted by molar-refractivity contribution is -0.132. The summed E-state index contributed by atoms with van der Waals surface area (Å²) in [6.45, 7) is 2.44. The van der Waals surface area contributed by atoms with Crippen molar-refractivity contribution in [3.05, 3.63) is 24.3 Å². The summed E-state index contributed by atoms with van der Waals surface area (Å²) in [6, 6.07) is 6.28. The molecule has 1 aromatic rings. The van der Waals surface area contributed by atoms with Crippen LogP contribution in [0.4, 0.5) is 5.69 Å². The van der Waals surface area contributed by atoms with Gasteiger partial charge in [-0.15, -0.1) is 12.4 Å². The van der Waals surface area contributed by atoms with E-state index in [0.29, 0.717) is 24.8 Å². The number of carbonyl (C=O) groups is 2. The topological polar surface area (TPSA) is 98.8 Å². The number of anilines is 1. The van der Waals surface area contributed by atoms with Crippen molar-refractivity contribution in [3.8, 4) is 0 Å². The quantitative estimate of drug-likeness (QED) is 0.715. The Balaban J connectivity index is 0.00000364. The Morgan fingerprint density at radius 3 is 2.22 bits per heavy atom. The van der Waals surface area contributed by atoms with E-state index in [1.807, 2.05) is 7.05 Å². The summed E-state index contributed by atoms with van der Waals surface area (Å²) in [6.07, 6.45) is 1.73. The van der Waals surface area contributed by atoms with Crippen molar-refractivity contribution >= 4 is 39.9 Å². The summed E-state index contributed by atoms with van der Waals surface area (Å²) >= 11 is 0. The number of likely N-dealkylation sites (tertiary alicyclic amines) is 1. The van der Waals surface area contributed by atoms with E-state index in [1.165, 1.54) is 38.2 Å². The summed E-state index contributed by atoms with van der Waals surface area (Å²) in [5.74, 6) is -0.425. The molecule has 2 N–H and O–H groups in total. The second kappa shape index (κ2) is 10.0. The largest absolute Gasteiger partial charge is 0.341 e. The van der Waals surface area contributed by atoms with E-state index >= 15 is 0 Å². The average Bonchev–Trinajstić information content (AvgIpc) is 2.61. The molecule has 2 rings (SSSR count). The fourth-order valence-corrected chi connectivity index (χ4v) is 4.01. The predicted molar refractivity (Wildman–Crippen MR) is 106 cm³/mol. The summed E-state index contributed by atoms with van der Waals surface area (Å²) in [4.78, 5) is 25.2. The molecule has 10 heteroatoms. The normalized spacial score (nSPS) is 15.3. The van der Waals surface area contributed by atoms with Gasteiger partial charge in [-0.25, -0.2) is 8.42 Å². The minimum absolute atomic E-state index is 0. The summed E-state index contributed by atoms with van der Waals surface area (Å²) in [5, 5.41) is 5.78. The highest BCUT2D eigenvalue weighted by molar-refractivity contribution is 7.89. The molecule has 1 aromatic carbocycles. The highest BCUT2D eigenvalue weighted by Crippen LogP contribution is 2.18. The van der Waals surface area contributed by atoms with Crippen molar-refractivity contribution < 1.29 is 18.0 Å². The maximum atomic E-state index is 12.6. The van der Waals surface area contributed by atoms with E-state index in [4.69, 9.17) is 0 Å². The molecule has 0 spiro atoms. The minimum Gasteiger partial charge on any atom is -0.341 e. The third kappa shape index (κ3) is 6.17. The second-order valence-electron chi connectivity index (χ2n) is 6.41. The second-order valence-corrected chi connectivity index (χ2v) is 8.46. The first-order chi connectivity index (χ1) is 12.2. The van der Waals surface area contributed by atoms with Crippen molar-refractivity contribution in [1.82, 2.24) is 14.5 Å². The maximum absolute atomic E-state index is 12.6. The molecule has 0 bridgehead atoms. The Hall–Kier alpha value is -1.68. The van der Waals surface area contributed by atoms with Gasteiger partial charge in [-0.1, -0.05) is 0 Å². The van der Waals surface area contributed by atoms with Crippen LogP contribution in [0.5, 0.6) is 0 Å². The van der Waals surface area contributed by atoms with Crippen molar-refractivity contribution in [1.29, 1.82) is 0 Å². The van der Waals surface area contributed by atoms with E-state index in [9.17, 15) is 18.0 Å². The molecule has 1 heterocycles. The zero-order valence-electron chi connectivity index (χ0n) is 15.8. The van der Waals surface area contributed by atoms with Crippen LogP contribution in [0.25, 0.3) is 0 Å². The lowest BCUT2D eigenvalue weighted by atomic mass is 10.1. The number of benzene rings is 1. The number of carbonyl (C=O) groups excluding carboxylic acids is 2. The molecule has 0 unspecified atom stereocenters. The molecule has 1 aliphatic rings. The number of nitrogens with zero attached hydrogens (tertiary/aromatic N) is 2. The first-order valence-electron chi connectivity index (χ1n) is 8.53. The van der Waals surface area contributed by atoms with Gasteiger partial charge in [-0.3, -0.25) is 9.59 Å². The molecule has 0 aromatic heterocycles. The van der Waals surface area contributed by atoms with Crippen LogP contribution in [0.1, 0.15) is 19.8 Å². The first kappa shape index (κ1) is 23.4. The Morgan fingerprint density at radius 1 is 1.19 bits per heavy atom. The molecule has 2 amide bonds. The van der Waals surface area contributed by atoms with Crippen LogP contribution >= 0.6 is 12.4 Å². The molecular formula is C17H27ClN4O4S. The van der Waals surface area contributed by atoms with Gasteiger partial charge >= 0.3 is 0 Å². The van der Waals surface area contributed by atoms with Crippen molar-refractivity contribution in [2.75, 3.05) is 39.0 Å². The van der Waals surface area contributed by atoms with Gasteiger partial charge in [0.15, 0.2) is 0 Å². The molecule has 0 saturated carbocycles. The van der Waals surface area contributed by atoms with Crippen LogP contribution in [-0.4, -0.2) is 69.2 Å². The van der Waals surface area contributed by atoms with E-state index in [2.05, 4.69) is 10.6 Å². The van der Waals surface area contributed by atoms with Gasteiger partial charge in [-0.2, -0.15) is 4.31 Å². The molecule has 1 aliphatic heterocycles. The van der Waals surface area contributed by atoms with E-state index in [1.54, 1.807) is 4.90 Å². The number of amides is 2. The van der Waals surface area contributed by atoms with Gasteiger partial charge in [-0.05, 0) is 44.2 Å². The minimum atomic E-state index is -3.77. The molecular weight excluding hydrogens is 392 g/mol. The van der Waals surface area contributed by atoms with E-state index < -0.39 is 10.0 Å². The highest BCUT2D eigenvalue weighted by atomic mass is 35.5. The standard InChI is InChI=1S/C17H26N4O4S.ClH/c1-13(22)19-15-4-6-16(7-5-15)26(24,25)20(3)12-17(23)21-10-8-14(18-2)9-11-21;/h4-7,14,18H,8-12H2,1-3H3,(H,19,22);1H. The number of halogens is 1. The van der Waals surface area contributed by atoms with Crippen molar-refractivity contribution in [3.63, 3.8) is 0 Å². The summed E-state index contributed by atoms with van der Waals surface area (Å²) in [5.41, 5.74) is 0.516. The highest BCUT2D eigenvalue weighted by Gasteiger charge is 2.27. The Bertz CT molecular complexity index is 747. The Morgan fingerprint density at radius 2 is 1.74 bits per heavy atom. The number of piperidine rings is 1. The molecule has 0 radical (unpaired) electrons. The SMILES string of the molecule is CNC1CCN(C(=O)CN(C)S(=O)(=O)c2ccc(NC(C)=O)cc2)CC1.Cl. The molecule has 8 nitrogen and oxygen atoms in total. The van der Waals surface area contributed by atoms with Crippen LogP contribution in [-0.2, 0) is 19.6 Å². The van der Waals surface area contributed by atoms with Crippen LogP contribution in [0.15, 0.2) is 29.2 Å². The third-order valence-electron chi connectivity index (χ3n) is 4.50. The maximum Gasteiger partial charge on any atom is 0.243 e. The molecule has 1 fully saturated rings. The zero-order valence-corrected chi connectivity index (χ0v) is 17.4. The van der Waals surface area contributed by atoms with Gasteiger partial charge < -0.3 is 15.5 Å². The summed E-state index contributed by atoms with van der Waals surface area (Å²) in [7, 11) is -0.472. The fraction of sp³-hybridized carbons (Fsp3) is 0.529. The van der Waals surface area contributed by atoms with Crippen molar-refractivity contribution in [2.45, 2.75) is 30.7 Å². The van der Waals surface area contributed by atoms with Gasteiger partial charge in [0.05, 0.1) is 11.4 Å². The monoisotopic (exact) mass is 418 g/mol. The van der Waals surface area contributed by atoms with Gasteiger partial charge in [0.1, 0.15) is 0 Å². The van der Waals surface area contributed by atoms with Gasteiger partial charge in [0.25, 0.3) is 0 Å². The smallest absolute Gasteiger partial charge is 0.243 e. The molecule has 0 aliphatic carbocycles. The summed E-state index contributed by atoms with van der Waals surface area (Å²) < 4.78 is 26.3. The molecule has 27 heavy (non-hydrogen) atoms. The van der Waals surface area contributed by atoms with E-state index in [0.717, 1.165) is 17.1 Å². The molecule has 152 valence electrons. The molecule has 1 saturated heterocycles. The van der Waals surface area contributed by atoms with Gasteiger partial charge in [0.2, 0.25) is 21.8 Å². The Kier molecular flexibility index (Phi) is 8.67. The number of hydrogen-bond acceptors (Lipinski definition) is 5. The van der Waals surface area contributed by atoms with Gasteiger partial charge in [0, 0.05) is 38.8 Å². The van der Waals surface area contributed by atoms with Crippen LogP contribution in [0.3, 0.4) is 0 Å². The van der Waals surface area contributed by atoms with Crippen LogP contribution < -0.4 is 10.6 Å².